The van der Waals surface area contributed by atoms with Gasteiger partial charge >= 0.3 is 5.97 Å². The molecule has 0 bridgehead atoms. The molecule has 2 fully saturated rings. The maximum atomic E-state index is 10.9. The van der Waals surface area contributed by atoms with Gasteiger partial charge in [-0.15, -0.1) is 0 Å². The molecule has 0 aromatic carbocycles. The van der Waals surface area contributed by atoms with Crippen LogP contribution in [0.4, 0.5) is 0 Å². The van der Waals surface area contributed by atoms with Crippen molar-refractivity contribution in [3.05, 3.63) is 0 Å². The Morgan fingerprint density at radius 3 is 2.54 bits per heavy atom. The first kappa shape index (κ1) is 9.04. The van der Waals surface area contributed by atoms with Crippen molar-refractivity contribution in [1.29, 1.82) is 0 Å². The lowest BCUT2D eigenvalue weighted by Gasteiger charge is -2.32. The second-order valence-corrected chi connectivity index (χ2v) is 4.43. The number of hydrogen-bond acceptors (Lipinski definition) is 2. The molecule has 13 heavy (non-hydrogen) atoms. The average Bonchev–Trinajstić information content (AvgIpc) is 2.51. The molecule has 2 saturated carbocycles. The number of carbonyl (C=O) groups excluding carboxylic acids is 1. The molecule has 0 heterocycles. The fraction of sp³-hybridized carbons (Fsp3) is 0.909. The molecule has 74 valence electrons. The van der Waals surface area contributed by atoms with Crippen LogP contribution in [0.1, 0.15) is 45.4 Å². The average molecular weight is 182 g/mol. The van der Waals surface area contributed by atoms with Gasteiger partial charge in [0.25, 0.3) is 0 Å². The first-order chi connectivity index (χ1) is 6.27. The Hall–Kier alpha value is -0.530. The van der Waals surface area contributed by atoms with Gasteiger partial charge in [0.2, 0.25) is 0 Å². The van der Waals surface area contributed by atoms with Gasteiger partial charge in [-0.3, -0.25) is 4.79 Å². The van der Waals surface area contributed by atoms with Gasteiger partial charge in [0.05, 0.1) is 0 Å². The van der Waals surface area contributed by atoms with E-state index in [2.05, 4.69) is 0 Å². The van der Waals surface area contributed by atoms with Crippen molar-refractivity contribution in [1.82, 2.24) is 0 Å². The van der Waals surface area contributed by atoms with E-state index >= 15 is 0 Å². The summed E-state index contributed by atoms with van der Waals surface area (Å²) in [6.45, 7) is 1.53. The predicted molar refractivity (Wildman–Crippen MR) is 50.2 cm³/mol. The zero-order chi connectivity index (χ0) is 9.26. The summed E-state index contributed by atoms with van der Waals surface area (Å²) in [5.74, 6) is 1.45. The van der Waals surface area contributed by atoms with Crippen molar-refractivity contribution >= 4 is 5.97 Å². The molecule has 2 nitrogen and oxygen atoms in total. The van der Waals surface area contributed by atoms with E-state index in [1.807, 2.05) is 0 Å². The van der Waals surface area contributed by atoms with Gasteiger partial charge in [-0.25, -0.2) is 0 Å². The molecule has 0 aromatic heterocycles. The number of fused-ring (bicyclic) bond motifs is 1. The molecule has 0 saturated heterocycles. The molecule has 0 radical (unpaired) electrons. The van der Waals surface area contributed by atoms with E-state index in [9.17, 15) is 4.79 Å². The lowest BCUT2D eigenvalue weighted by atomic mass is 9.79. The minimum atomic E-state index is -0.0995. The van der Waals surface area contributed by atoms with Gasteiger partial charge in [0, 0.05) is 6.92 Å². The van der Waals surface area contributed by atoms with Gasteiger partial charge in [-0.1, -0.05) is 12.8 Å². The molecule has 0 aliphatic heterocycles. The van der Waals surface area contributed by atoms with Crippen LogP contribution in [0.2, 0.25) is 0 Å². The summed E-state index contributed by atoms with van der Waals surface area (Å²) in [4.78, 5) is 10.9. The summed E-state index contributed by atoms with van der Waals surface area (Å²) in [5.41, 5.74) is 0. The SMILES string of the molecule is CC(=O)O[C@H]1CCC[C@@H]2CCC[C@@H]21. The first-order valence-corrected chi connectivity index (χ1v) is 5.44. The number of ether oxygens (including phenoxy) is 1. The summed E-state index contributed by atoms with van der Waals surface area (Å²) in [6, 6.07) is 0. The molecule has 3 atom stereocenters. The molecular weight excluding hydrogens is 164 g/mol. The molecule has 0 N–H and O–H groups in total. The van der Waals surface area contributed by atoms with Crippen LogP contribution < -0.4 is 0 Å². The fourth-order valence-electron chi connectivity index (χ4n) is 3.07. The smallest absolute Gasteiger partial charge is 0.302 e. The Labute approximate surface area is 79.7 Å². The second-order valence-electron chi connectivity index (χ2n) is 4.43. The fourth-order valence-corrected chi connectivity index (χ4v) is 3.07. The molecule has 2 rings (SSSR count). The molecule has 0 amide bonds. The van der Waals surface area contributed by atoms with Crippen LogP contribution in [0.25, 0.3) is 0 Å². The van der Waals surface area contributed by atoms with Crippen molar-refractivity contribution in [3.63, 3.8) is 0 Å². The third-order valence-corrected chi connectivity index (χ3v) is 3.58. The summed E-state index contributed by atoms with van der Waals surface area (Å²) in [6.07, 6.45) is 7.94. The van der Waals surface area contributed by atoms with E-state index in [0.717, 1.165) is 12.3 Å². The van der Waals surface area contributed by atoms with Crippen LogP contribution in [-0.4, -0.2) is 12.1 Å². The zero-order valence-corrected chi connectivity index (χ0v) is 8.29. The highest BCUT2D eigenvalue weighted by Crippen LogP contribution is 2.43. The lowest BCUT2D eigenvalue weighted by Crippen LogP contribution is -2.32. The van der Waals surface area contributed by atoms with E-state index in [1.54, 1.807) is 0 Å². The minimum Gasteiger partial charge on any atom is -0.462 e. The quantitative estimate of drug-likeness (QED) is 0.582. The molecule has 0 aromatic rings. The van der Waals surface area contributed by atoms with Crippen LogP contribution in [0.15, 0.2) is 0 Å². The topological polar surface area (TPSA) is 26.3 Å². The van der Waals surface area contributed by atoms with Crippen molar-refractivity contribution in [2.75, 3.05) is 0 Å². The molecule has 2 aliphatic rings. The third kappa shape index (κ3) is 1.87. The maximum absolute atomic E-state index is 10.9. The number of hydrogen-bond donors (Lipinski definition) is 0. The molecule has 2 heteroatoms. The monoisotopic (exact) mass is 182 g/mol. The Morgan fingerprint density at radius 1 is 1.15 bits per heavy atom. The van der Waals surface area contributed by atoms with Gasteiger partial charge in [0.1, 0.15) is 6.10 Å². The largest absolute Gasteiger partial charge is 0.462 e. The Balaban J connectivity index is 1.97. The summed E-state index contributed by atoms with van der Waals surface area (Å²) in [7, 11) is 0. The summed E-state index contributed by atoms with van der Waals surface area (Å²) in [5, 5.41) is 0. The lowest BCUT2D eigenvalue weighted by molar-refractivity contribution is -0.151. The van der Waals surface area contributed by atoms with Crippen LogP contribution in [-0.2, 0) is 9.53 Å². The van der Waals surface area contributed by atoms with E-state index in [1.165, 1.54) is 39.0 Å². The van der Waals surface area contributed by atoms with Crippen LogP contribution in [0.3, 0.4) is 0 Å². The first-order valence-electron chi connectivity index (χ1n) is 5.44. The summed E-state index contributed by atoms with van der Waals surface area (Å²) >= 11 is 0. The number of rotatable bonds is 1. The molecule has 0 spiro atoms. The normalized spacial score (nSPS) is 38.4. The van der Waals surface area contributed by atoms with Gasteiger partial charge < -0.3 is 4.74 Å². The van der Waals surface area contributed by atoms with Crippen molar-refractivity contribution in [2.45, 2.75) is 51.6 Å². The van der Waals surface area contributed by atoms with Crippen molar-refractivity contribution in [2.24, 2.45) is 11.8 Å². The molecule has 2 aliphatic carbocycles. The molecular formula is C11H18O2. The van der Waals surface area contributed by atoms with Gasteiger partial charge in [-0.05, 0) is 37.5 Å². The standard InChI is InChI=1S/C11H18O2/c1-8(12)13-11-7-3-5-9-4-2-6-10(9)11/h9-11H,2-7H2,1H3/t9-,10-,11-/m0/s1. The van der Waals surface area contributed by atoms with E-state index in [-0.39, 0.29) is 12.1 Å². The maximum Gasteiger partial charge on any atom is 0.302 e. The van der Waals surface area contributed by atoms with Gasteiger partial charge in [-0.2, -0.15) is 0 Å². The van der Waals surface area contributed by atoms with Crippen LogP contribution >= 0.6 is 0 Å². The number of esters is 1. The highest BCUT2D eigenvalue weighted by molar-refractivity contribution is 5.66. The Morgan fingerprint density at radius 2 is 1.85 bits per heavy atom. The van der Waals surface area contributed by atoms with Crippen LogP contribution in [0, 0.1) is 11.8 Å². The van der Waals surface area contributed by atoms with E-state index < -0.39 is 0 Å². The van der Waals surface area contributed by atoms with E-state index in [0.29, 0.717) is 5.92 Å². The highest BCUT2D eigenvalue weighted by atomic mass is 16.5. The van der Waals surface area contributed by atoms with Crippen molar-refractivity contribution in [3.8, 4) is 0 Å². The van der Waals surface area contributed by atoms with Crippen LogP contribution in [0.5, 0.6) is 0 Å². The summed E-state index contributed by atoms with van der Waals surface area (Å²) < 4.78 is 5.37. The number of carbonyl (C=O) groups is 1. The minimum absolute atomic E-state index is 0.0995. The third-order valence-electron chi connectivity index (χ3n) is 3.58. The van der Waals surface area contributed by atoms with E-state index in [4.69, 9.17) is 4.74 Å². The Kier molecular flexibility index (Phi) is 2.56. The predicted octanol–water partition coefficient (Wildman–Crippen LogP) is 2.52. The second kappa shape index (κ2) is 3.69. The van der Waals surface area contributed by atoms with Crippen molar-refractivity contribution < 1.29 is 9.53 Å². The highest BCUT2D eigenvalue weighted by Gasteiger charge is 2.37. The molecule has 0 unspecified atom stereocenters. The Bertz CT molecular complexity index is 200. The zero-order valence-electron chi connectivity index (χ0n) is 8.29. The van der Waals surface area contributed by atoms with Gasteiger partial charge in [0.15, 0.2) is 0 Å².